The van der Waals surface area contributed by atoms with Gasteiger partial charge in [-0.25, -0.2) is 4.98 Å². The summed E-state index contributed by atoms with van der Waals surface area (Å²) in [6.07, 6.45) is 20.5. The molecule has 1 saturated heterocycles. The topological polar surface area (TPSA) is 198 Å². The predicted molar refractivity (Wildman–Crippen MR) is 285 cm³/mol. The van der Waals surface area contributed by atoms with Gasteiger partial charge in [0, 0.05) is 78.0 Å². The number of rotatable bonds is 6. The zero-order valence-corrected chi connectivity index (χ0v) is 45.6. The Bertz CT molecular complexity index is 2420. The maximum atomic E-state index is 15.2. The van der Waals surface area contributed by atoms with Crippen molar-refractivity contribution in [3.05, 3.63) is 52.7 Å². The number of aromatic nitrogens is 2. The highest BCUT2D eigenvalue weighted by molar-refractivity contribution is 8.76. The van der Waals surface area contributed by atoms with Crippen molar-refractivity contribution < 1.29 is 30.3 Å². The molecular formula is C58H86N6O6S2. The molecule has 6 bridgehead atoms. The minimum atomic E-state index is -1.39. The maximum absolute atomic E-state index is 15.2. The summed E-state index contributed by atoms with van der Waals surface area (Å²) in [4.78, 5) is 24.8. The lowest BCUT2D eigenvalue weighted by molar-refractivity contribution is -0.183. The van der Waals surface area contributed by atoms with Gasteiger partial charge in [0.05, 0.1) is 30.2 Å². The van der Waals surface area contributed by atoms with Crippen molar-refractivity contribution >= 4 is 33.3 Å². The molecule has 12 nitrogen and oxygen atoms in total. The van der Waals surface area contributed by atoms with Crippen LogP contribution >= 0.6 is 21.6 Å². The van der Waals surface area contributed by atoms with E-state index in [9.17, 15) is 25.5 Å². The number of nitrogens with one attached hydrogen (secondary N) is 2. The number of aliphatic imine (C=N–C) groups is 1. The van der Waals surface area contributed by atoms with Gasteiger partial charge in [0.1, 0.15) is 6.23 Å². The number of hydrogen-bond donors (Lipinski definition) is 8. The number of nitrogens with two attached hydrogens (primary N) is 1. The molecule has 1 aromatic heterocycles. The highest BCUT2D eigenvalue weighted by Gasteiger charge is 2.74. The fourth-order valence-corrected chi connectivity index (χ4v) is 23.8. The summed E-state index contributed by atoms with van der Waals surface area (Å²) in [7, 11) is 5.59. The number of nitrogens with zero attached hydrogens (tertiary/aromatic N) is 3. The highest BCUT2D eigenvalue weighted by atomic mass is 33.1. The van der Waals surface area contributed by atoms with E-state index in [1.165, 1.54) is 44.9 Å². The zero-order valence-electron chi connectivity index (χ0n) is 43.9. The molecule has 72 heavy (non-hydrogen) atoms. The van der Waals surface area contributed by atoms with Crippen LogP contribution in [0.25, 0.3) is 0 Å². The molecule has 2 heterocycles. The van der Waals surface area contributed by atoms with Gasteiger partial charge in [0.15, 0.2) is 11.7 Å². The average molecular weight is 1030 g/mol. The van der Waals surface area contributed by atoms with Gasteiger partial charge in [-0.1, -0.05) is 78.0 Å². The minimum absolute atomic E-state index is 0.0463. The first-order valence-corrected chi connectivity index (χ1v) is 30.9. The van der Waals surface area contributed by atoms with Crippen LogP contribution < -0.4 is 16.4 Å². The van der Waals surface area contributed by atoms with Crippen LogP contribution in [0.15, 0.2) is 57.7 Å². The van der Waals surface area contributed by atoms with Crippen molar-refractivity contribution in [2.24, 2.45) is 103 Å². The number of guanidine groups is 1. The van der Waals surface area contributed by atoms with Crippen molar-refractivity contribution in [2.45, 2.75) is 167 Å². The average Bonchev–Trinajstić information content (AvgIpc) is 4.06. The summed E-state index contributed by atoms with van der Waals surface area (Å²) in [5.74, 6) is 1.99. The Labute approximate surface area is 436 Å². The van der Waals surface area contributed by atoms with Crippen molar-refractivity contribution in [3.8, 4) is 0 Å². The minimum Gasteiger partial charge on any atom is -0.392 e. The van der Waals surface area contributed by atoms with Gasteiger partial charge < -0.3 is 46.5 Å². The van der Waals surface area contributed by atoms with Gasteiger partial charge in [-0.3, -0.25) is 9.79 Å². The molecule has 1 aliphatic heterocycles. The van der Waals surface area contributed by atoms with E-state index in [0.29, 0.717) is 48.4 Å². The van der Waals surface area contributed by atoms with Crippen LogP contribution in [0.4, 0.5) is 0 Å². The lowest BCUT2D eigenvalue weighted by Crippen LogP contribution is -2.67. The Morgan fingerprint density at radius 1 is 0.972 bits per heavy atom. The van der Waals surface area contributed by atoms with Crippen molar-refractivity contribution in [1.82, 2.24) is 20.2 Å². The van der Waals surface area contributed by atoms with Gasteiger partial charge >= 0.3 is 0 Å². The summed E-state index contributed by atoms with van der Waals surface area (Å²) in [6, 6.07) is 0.180. The molecule has 14 heteroatoms. The van der Waals surface area contributed by atoms with E-state index >= 15 is 4.79 Å². The normalized spacial score (nSPS) is 48.8. The first kappa shape index (κ1) is 50.6. The molecular weight excluding hydrogens is 941 g/mol. The van der Waals surface area contributed by atoms with Crippen LogP contribution in [-0.2, 0) is 4.79 Å². The number of imidazole rings is 1. The van der Waals surface area contributed by atoms with Crippen LogP contribution in [0.5, 0.6) is 0 Å². The predicted octanol–water partition coefficient (Wildman–Crippen LogP) is 7.59. The molecule has 21 unspecified atom stereocenters. The molecule has 0 amide bonds. The first-order chi connectivity index (χ1) is 34.4. The molecule has 8 fully saturated rings. The summed E-state index contributed by atoms with van der Waals surface area (Å²) >= 11 is 0. The molecule has 11 aliphatic rings. The van der Waals surface area contributed by atoms with Gasteiger partial charge in [-0.05, 0) is 173 Å². The van der Waals surface area contributed by atoms with Crippen molar-refractivity contribution in [2.75, 3.05) is 31.6 Å². The first-order valence-electron chi connectivity index (χ1n) is 28.5. The van der Waals surface area contributed by atoms with Crippen molar-refractivity contribution in [1.29, 1.82) is 0 Å². The third-order valence-electron chi connectivity index (χ3n) is 23.0. The Hall–Kier alpha value is -2.17. The van der Waals surface area contributed by atoms with E-state index in [1.54, 1.807) is 35.3 Å². The highest BCUT2D eigenvalue weighted by Crippen LogP contribution is 2.75. The van der Waals surface area contributed by atoms with Gasteiger partial charge in [-0.15, -0.1) is 0 Å². The summed E-state index contributed by atoms with van der Waals surface area (Å²) < 4.78 is 2.34. The number of fused-ring (bicyclic) bond motifs is 14. The van der Waals surface area contributed by atoms with E-state index in [-0.39, 0.29) is 65.1 Å². The van der Waals surface area contributed by atoms with E-state index in [4.69, 9.17) is 10.7 Å². The number of ketones is 1. The molecule has 10 aliphatic carbocycles. The van der Waals surface area contributed by atoms with Crippen molar-refractivity contribution in [3.63, 3.8) is 0 Å². The smallest absolute Gasteiger partial charge is 0.190 e. The van der Waals surface area contributed by atoms with Crippen LogP contribution in [-0.4, -0.2) is 109 Å². The summed E-state index contributed by atoms with van der Waals surface area (Å²) in [6.45, 7) is 11.8. The molecule has 0 radical (unpaired) electrons. The third kappa shape index (κ3) is 7.36. The lowest BCUT2D eigenvalue weighted by atomic mass is 9.40. The zero-order chi connectivity index (χ0) is 50.4. The molecule has 0 aromatic carbocycles. The Balaban J connectivity index is 1.04. The van der Waals surface area contributed by atoms with Crippen LogP contribution in [0.2, 0.25) is 0 Å². The fourth-order valence-electron chi connectivity index (χ4n) is 21.0. The molecule has 9 N–H and O–H groups in total. The second-order valence-electron chi connectivity index (χ2n) is 27.0. The van der Waals surface area contributed by atoms with E-state index in [1.807, 2.05) is 41.2 Å². The Morgan fingerprint density at radius 3 is 2.54 bits per heavy atom. The number of hydrogen-bond acceptors (Lipinski definition) is 11. The van der Waals surface area contributed by atoms with Crippen LogP contribution in [0, 0.1) is 92.7 Å². The maximum Gasteiger partial charge on any atom is 0.190 e. The van der Waals surface area contributed by atoms with E-state index in [0.717, 1.165) is 55.8 Å². The van der Waals surface area contributed by atoms with E-state index in [2.05, 4.69) is 54.1 Å². The lowest BCUT2D eigenvalue weighted by Gasteiger charge is -2.65. The molecule has 12 rings (SSSR count). The van der Waals surface area contributed by atoms with E-state index < -0.39 is 52.8 Å². The Kier molecular flexibility index (Phi) is 12.8. The number of carbonyl (C=O) groups excluding carboxylic acids is 1. The SMILES string of the molecule is CNCC1C(O)C(O)CC2(C)C3C(=CC(=O)C12)C1(O)C2CSSCC(n4ccnc4)CC(C)(C)C4=C5CC6CCC7CCCC7(C6)C5C5=C6C(CCC5)CC(C(O)C64)C(C2)C1(C)CC3CN=C(N)NC(C)O. The molecule has 396 valence electrons. The fraction of sp³-hybridized carbons (Fsp3) is 0.810. The largest absolute Gasteiger partial charge is 0.392 e. The summed E-state index contributed by atoms with van der Waals surface area (Å²) in [5, 5.41) is 68.5. The second kappa shape index (κ2) is 18.2. The number of carbonyl (C=O) groups is 1. The molecule has 1 spiro atoms. The van der Waals surface area contributed by atoms with Gasteiger partial charge in [0.2, 0.25) is 0 Å². The van der Waals surface area contributed by atoms with Crippen LogP contribution in [0.1, 0.15) is 137 Å². The molecule has 7 saturated carbocycles. The summed E-state index contributed by atoms with van der Waals surface area (Å²) in [5.41, 5.74) is 11.1. The van der Waals surface area contributed by atoms with Gasteiger partial charge in [-0.2, -0.15) is 0 Å². The number of allylic oxidation sites excluding steroid dienone is 3. The standard InChI is InChI=1S/C58H86N6O6S2/c1-30(65)63-53(59)62-25-33-22-56(5)41-19-35(58(56,70)42-20-43(66)49-40(26-60-6)51(68)44(67)24-55(49,4)47(33)42)27-71-72-28-36(64-16-15-61-29-64)23-54(2,3)50-39-17-31-12-13-34-10-8-14-57(34,21-31)48(39)37-11-7-9-32-18-38(41)52(69)46(50)45(32)37/h15-16,20,29-36,38,40-41,44,46-49,51-52,60,65,67-70H,7-14,17-19,21-28H2,1-6H3,(H3,59,62,63). The monoisotopic (exact) mass is 1030 g/mol. The molecule has 1 aromatic rings. The number of aliphatic hydroxyl groups is 5. The third-order valence-corrected chi connectivity index (χ3v) is 25.6. The van der Waals surface area contributed by atoms with Gasteiger partial charge in [0.25, 0.3) is 0 Å². The Morgan fingerprint density at radius 2 is 1.78 bits per heavy atom. The number of aliphatic hydroxyl groups excluding tert-OH is 4. The second-order valence-corrected chi connectivity index (χ2v) is 29.5. The quantitative estimate of drug-likeness (QED) is 0.0458. The van der Waals surface area contributed by atoms with Crippen LogP contribution in [0.3, 0.4) is 0 Å². The molecule has 21 atom stereocenters.